The number of anilines is 2. The summed E-state index contributed by atoms with van der Waals surface area (Å²) in [6.45, 7) is 9.36. The zero-order valence-electron chi connectivity index (χ0n) is 16.7. The van der Waals surface area contributed by atoms with E-state index in [1.165, 1.54) is 11.1 Å². The highest BCUT2D eigenvalue weighted by Crippen LogP contribution is 2.29. The molecule has 2 aromatic rings. The smallest absolute Gasteiger partial charge is 0.224 e. The molecule has 1 aromatic heterocycles. The molecule has 26 heavy (non-hydrogen) atoms. The number of hydrogen-bond donors (Lipinski definition) is 1. The minimum Gasteiger partial charge on any atom is -0.353 e. The molecule has 2 heterocycles. The van der Waals surface area contributed by atoms with Crippen molar-refractivity contribution in [1.29, 1.82) is 0 Å². The van der Waals surface area contributed by atoms with Crippen molar-refractivity contribution >= 4 is 11.8 Å². The molecule has 1 aliphatic rings. The number of likely N-dealkylation sites (N-methyl/N-ethyl adjacent to an activating group) is 1. The van der Waals surface area contributed by atoms with Gasteiger partial charge < -0.3 is 15.1 Å². The molecule has 0 saturated heterocycles. The highest BCUT2D eigenvalue weighted by atomic mass is 15.3. The lowest BCUT2D eigenvalue weighted by molar-refractivity contribution is 0.425. The highest BCUT2D eigenvalue weighted by molar-refractivity contribution is 5.49. The summed E-state index contributed by atoms with van der Waals surface area (Å²) in [6, 6.07) is 11.3. The molecule has 0 aliphatic carbocycles. The Hall–Kier alpha value is -2.14. The Morgan fingerprint density at radius 3 is 2.62 bits per heavy atom. The highest BCUT2D eigenvalue weighted by Gasteiger charge is 2.24. The molecule has 0 saturated carbocycles. The maximum absolute atomic E-state index is 4.84. The molecule has 0 bridgehead atoms. The maximum Gasteiger partial charge on any atom is 0.224 e. The number of aromatic nitrogens is 2. The minimum absolute atomic E-state index is 0.374. The van der Waals surface area contributed by atoms with Gasteiger partial charge in [-0.25, -0.2) is 4.98 Å². The second kappa shape index (κ2) is 8.04. The van der Waals surface area contributed by atoms with E-state index in [1.807, 2.05) is 0 Å². The van der Waals surface area contributed by atoms with Gasteiger partial charge in [-0.3, -0.25) is 0 Å². The summed E-state index contributed by atoms with van der Waals surface area (Å²) >= 11 is 0. The number of rotatable bonds is 6. The minimum atomic E-state index is 0.374. The second-order valence-electron chi connectivity index (χ2n) is 7.81. The van der Waals surface area contributed by atoms with Crippen molar-refractivity contribution in [2.45, 2.75) is 45.7 Å². The fraction of sp³-hybridized carbons (Fsp3) is 0.524. The van der Waals surface area contributed by atoms with Crippen molar-refractivity contribution in [2.24, 2.45) is 0 Å². The quantitative estimate of drug-likeness (QED) is 0.861. The first kappa shape index (κ1) is 18.6. The molecule has 1 N–H and O–H groups in total. The van der Waals surface area contributed by atoms with Crippen LogP contribution in [0.1, 0.15) is 43.5 Å². The topological polar surface area (TPSA) is 44.3 Å². The van der Waals surface area contributed by atoms with Gasteiger partial charge in [0.2, 0.25) is 5.95 Å². The third kappa shape index (κ3) is 4.33. The number of nitrogens with one attached hydrogen (secondary N) is 1. The Morgan fingerprint density at radius 2 is 1.92 bits per heavy atom. The molecular weight excluding hydrogens is 322 g/mol. The van der Waals surface area contributed by atoms with Crippen LogP contribution in [0.3, 0.4) is 0 Å². The van der Waals surface area contributed by atoms with Crippen LogP contribution in [0.15, 0.2) is 30.3 Å². The summed E-state index contributed by atoms with van der Waals surface area (Å²) in [5.74, 6) is 2.13. The number of hydrogen-bond acceptors (Lipinski definition) is 5. The number of fused-ring (bicyclic) bond motifs is 1. The SMILES string of the molecule is CC(C)c1cc(N2Cc3ccccc3C[C@@H]2C)nc(NCCN(C)C)n1. The first-order valence-corrected chi connectivity index (χ1v) is 9.55. The van der Waals surface area contributed by atoms with Gasteiger partial charge in [0.1, 0.15) is 5.82 Å². The standard InChI is InChI=1S/C21H31N5/c1-15(2)19-13-20(24-21(23-19)22-10-11-25(4)5)26-14-18-9-7-6-8-17(18)12-16(26)3/h6-9,13,15-16H,10-12,14H2,1-5H3,(H,22,23,24)/t16-/m0/s1. The number of nitrogens with zero attached hydrogens (tertiary/aromatic N) is 4. The Kier molecular flexibility index (Phi) is 5.77. The van der Waals surface area contributed by atoms with Crippen LogP contribution in [0.25, 0.3) is 0 Å². The Balaban J connectivity index is 1.87. The van der Waals surface area contributed by atoms with Gasteiger partial charge in [0.25, 0.3) is 0 Å². The molecule has 0 fully saturated rings. The van der Waals surface area contributed by atoms with E-state index < -0.39 is 0 Å². The van der Waals surface area contributed by atoms with Crippen molar-refractivity contribution in [3.05, 3.63) is 47.2 Å². The van der Waals surface area contributed by atoms with Crippen molar-refractivity contribution in [1.82, 2.24) is 14.9 Å². The lowest BCUT2D eigenvalue weighted by atomic mass is 9.95. The predicted molar refractivity (Wildman–Crippen MR) is 109 cm³/mol. The Morgan fingerprint density at radius 1 is 1.19 bits per heavy atom. The van der Waals surface area contributed by atoms with Gasteiger partial charge in [-0.1, -0.05) is 38.1 Å². The van der Waals surface area contributed by atoms with E-state index in [1.54, 1.807) is 0 Å². The molecule has 1 aromatic carbocycles. The van der Waals surface area contributed by atoms with E-state index in [0.29, 0.717) is 12.0 Å². The van der Waals surface area contributed by atoms with Crippen LogP contribution in [-0.4, -0.2) is 48.1 Å². The summed E-state index contributed by atoms with van der Waals surface area (Å²) in [7, 11) is 4.15. The van der Waals surface area contributed by atoms with Gasteiger partial charge in [0.05, 0.1) is 5.69 Å². The Bertz CT molecular complexity index is 741. The first-order valence-electron chi connectivity index (χ1n) is 9.55. The zero-order chi connectivity index (χ0) is 18.7. The van der Waals surface area contributed by atoms with E-state index in [4.69, 9.17) is 9.97 Å². The molecule has 0 spiro atoms. The largest absolute Gasteiger partial charge is 0.353 e. The van der Waals surface area contributed by atoms with Crippen molar-refractivity contribution in [3.63, 3.8) is 0 Å². The molecule has 1 aliphatic heterocycles. The van der Waals surface area contributed by atoms with Gasteiger partial charge in [0.15, 0.2) is 0 Å². The molecular formula is C21H31N5. The third-order valence-electron chi connectivity index (χ3n) is 4.97. The van der Waals surface area contributed by atoms with E-state index in [-0.39, 0.29) is 0 Å². The lowest BCUT2D eigenvalue weighted by Gasteiger charge is -2.36. The monoisotopic (exact) mass is 353 g/mol. The molecule has 3 rings (SSSR count). The molecule has 0 radical (unpaired) electrons. The molecule has 1 atom stereocenters. The summed E-state index contributed by atoms with van der Waals surface area (Å²) < 4.78 is 0. The fourth-order valence-electron chi connectivity index (χ4n) is 3.35. The van der Waals surface area contributed by atoms with Crippen LogP contribution in [0.4, 0.5) is 11.8 Å². The second-order valence-corrected chi connectivity index (χ2v) is 7.81. The third-order valence-corrected chi connectivity index (χ3v) is 4.97. The fourth-order valence-corrected chi connectivity index (χ4v) is 3.35. The molecule has 0 unspecified atom stereocenters. The summed E-state index contributed by atoms with van der Waals surface area (Å²) in [4.78, 5) is 14.1. The molecule has 140 valence electrons. The zero-order valence-corrected chi connectivity index (χ0v) is 16.7. The predicted octanol–water partition coefficient (Wildman–Crippen LogP) is 3.52. The van der Waals surface area contributed by atoms with Gasteiger partial charge in [0, 0.05) is 31.7 Å². The van der Waals surface area contributed by atoms with Crippen LogP contribution in [-0.2, 0) is 13.0 Å². The van der Waals surface area contributed by atoms with Crippen LogP contribution in [0, 0.1) is 0 Å². The van der Waals surface area contributed by atoms with Gasteiger partial charge in [-0.15, -0.1) is 0 Å². The van der Waals surface area contributed by atoms with Crippen LogP contribution in [0.5, 0.6) is 0 Å². The lowest BCUT2D eigenvalue weighted by Crippen LogP contribution is -2.39. The van der Waals surface area contributed by atoms with Crippen LogP contribution in [0.2, 0.25) is 0 Å². The van der Waals surface area contributed by atoms with Crippen molar-refractivity contribution in [3.8, 4) is 0 Å². The summed E-state index contributed by atoms with van der Waals surface area (Å²) in [5, 5.41) is 3.39. The van der Waals surface area contributed by atoms with Crippen molar-refractivity contribution < 1.29 is 0 Å². The van der Waals surface area contributed by atoms with Gasteiger partial charge in [-0.2, -0.15) is 4.98 Å². The average molecular weight is 354 g/mol. The summed E-state index contributed by atoms with van der Waals surface area (Å²) in [5.41, 5.74) is 3.95. The normalized spacial score (nSPS) is 16.9. The molecule has 5 heteroatoms. The van der Waals surface area contributed by atoms with Crippen molar-refractivity contribution in [2.75, 3.05) is 37.4 Å². The van der Waals surface area contributed by atoms with E-state index in [0.717, 1.165) is 43.5 Å². The van der Waals surface area contributed by atoms with E-state index in [2.05, 4.69) is 80.3 Å². The van der Waals surface area contributed by atoms with Crippen LogP contribution >= 0.6 is 0 Å². The average Bonchev–Trinajstić information content (AvgIpc) is 2.60. The number of benzene rings is 1. The van der Waals surface area contributed by atoms with Gasteiger partial charge >= 0.3 is 0 Å². The summed E-state index contributed by atoms with van der Waals surface area (Å²) in [6.07, 6.45) is 1.06. The molecule has 0 amide bonds. The van der Waals surface area contributed by atoms with Gasteiger partial charge in [-0.05, 0) is 44.5 Å². The maximum atomic E-state index is 4.84. The van der Waals surface area contributed by atoms with E-state index >= 15 is 0 Å². The van der Waals surface area contributed by atoms with Crippen LogP contribution < -0.4 is 10.2 Å². The Labute approximate surface area is 157 Å². The first-order chi connectivity index (χ1) is 12.4. The van der Waals surface area contributed by atoms with E-state index in [9.17, 15) is 0 Å². The molecule has 5 nitrogen and oxygen atoms in total.